The average Bonchev–Trinajstić information content (AvgIpc) is 2.41. The van der Waals surface area contributed by atoms with Gasteiger partial charge in [0.25, 0.3) is 0 Å². The molecule has 0 N–H and O–H groups in total. The van der Waals surface area contributed by atoms with Crippen molar-refractivity contribution in [3.05, 3.63) is 0 Å². The summed E-state index contributed by atoms with van der Waals surface area (Å²) in [5.41, 5.74) is 0. The highest BCUT2D eigenvalue weighted by atomic mass is 28.4. The van der Waals surface area contributed by atoms with Crippen LogP contribution in [0.25, 0.3) is 0 Å². The van der Waals surface area contributed by atoms with Gasteiger partial charge in [-0.15, -0.1) is 0 Å². The van der Waals surface area contributed by atoms with Gasteiger partial charge >= 0.3 is 89.3 Å². The number of hydrogen-bond acceptors (Lipinski definition) is 9. The molecule has 1 fully saturated rings. The minimum atomic E-state index is -1.37. The van der Waals surface area contributed by atoms with Crippen molar-refractivity contribution in [3.63, 3.8) is 0 Å². The molecule has 1 rings (SSSR count). The minimum Gasteiger partial charge on any atom is -0.413 e. The van der Waals surface area contributed by atoms with Crippen molar-refractivity contribution in [2.75, 3.05) is 0 Å². The normalized spacial score (nSPS) is 24.5. The van der Waals surface area contributed by atoms with E-state index in [-0.39, 0.29) is 80.1 Å². The Bertz CT molecular complexity index is 179. The van der Waals surface area contributed by atoms with E-state index in [0.717, 1.165) is 0 Å². The molecule has 9 nitrogen and oxygen atoms in total. The van der Waals surface area contributed by atoms with Crippen molar-refractivity contribution < 1.29 is 37.0 Å². The zero-order valence-electron chi connectivity index (χ0n) is 9.17. The molecule has 1 saturated heterocycles. The van der Waals surface area contributed by atoms with Crippen molar-refractivity contribution in [1.29, 1.82) is 0 Å². The second-order valence-corrected chi connectivity index (χ2v) is 11.7. The van der Waals surface area contributed by atoms with E-state index in [2.05, 4.69) is 0 Å². The molecule has 18 heteroatoms. The molecule has 97 valence electrons. The minimum absolute atomic E-state index is 0.122. The molecule has 0 atom stereocenters. The highest BCUT2D eigenvalue weighted by molar-refractivity contribution is 6.57. The standard InChI is InChI=1S/CH3O9Si9/c1-19-9-17-7-15-5-13-3-11-2-12-4-14-6-16-8-18-10-19/h1H3. The van der Waals surface area contributed by atoms with Crippen molar-refractivity contribution in [2.24, 2.45) is 0 Å². The summed E-state index contributed by atoms with van der Waals surface area (Å²) in [6.45, 7) is 1.85. The van der Waals surface area contributed by atoms with Crippen LogP contribution in [0, 0.1) is 0 Å². The van der Waals surface area contributed by atoms with Crippen LogP contribution in [0.3, 0.4) is 0 Å². The van der Waals surface area contributed by atoms with Gasteiger partial charge in [-0.1, -0.05) is 0 Å². The van der Waals surface area contributed by atoms with E-state index < -0.39 is 9.28 Å². The van der Waals surface area contributed by atoms with Gasteiger partial charge in [-0.2, -0.15) is 0 Å². The Kier molecular flexibility index (Phi) is 14.3. The summed E-state index contributed by atoms with van der Waals surface area (Å²) in [5.74, 6) is 0. The molecule has 0 saturated carbocycles. The zero-order valence-corrected chi connectivity index (χ0v) is 18.2. The molecule has 0 amide bonds. The van der Waals surface area contributed by atoms with E-state index in [9.17, 15) is 0 Å². The Hall–Kier alpha value is 1.59. The van der Waals surface area contributed by atoms with Gasteiger partial charge in [-0.25, -0.2) is 0 Å². The van der Waals surface area contributed by atoms with Crippen LogP contribution in [0.1, 0.15) is 0 Å². The average molecular weight is 412 g/mol. The van der Waals surface area contributed by atoms with Crippen LogP contribution >= 0.6 is 0 Å². The summed E-state index contributed by atoms with van der Waals surface area (Å²) in [6.07, 6.45) is 0. The summed E-state index contributed by atoms with van der Waals surface area (Å²) < 4.78 is 46.1. The van der Waals surface area contributed by atoms with Crippen LogP contribution in [0.15, 0.2) is 0 Å². The maximum atomic E-state index is 5.31. The molecule has 1 aliphatic rings. The zero-order chi connectivity index (χ0) is 13.6. The molecule has 1 aliphatic heterocycles. The van der Waals surface area contributed by atoms with E-state index in [1.165, 1.54) is 0 Å². The number of rotatable bonds is 0. The summed E-state index contributed by atoms with van der Waals surface area (Å²) in [6, 6.07) is 0. The first-order valence-corrected chi connectivity index (χ1v) is 12.5. The third kappa shape index (κ3) is 13.0. The fourth-order valence-corrected chi connectivity index (χ4v) is 7.19. The largest absolute Gasteiger partial charge is 0.413 e. The van der Waals surface area contributed by atoms with Crippen LogP contribution in [0.4, 0.5) is 0 Å². The van der Waals surface area contributed by atoms with E-state index in [0.29, 0.717) is 0 Å². The Morgan fingerprint density at radius 1 is 0.474 bits per heavy atom. The van der Waals surface area contributed by atoms with Crippen molar-refractivity contribution in [3.8, 4) is 0 Å². The molecule has 0 aromatic rings. The quantitative estimate of drug-likeness (QED) is 0.378. The van der Waals surface area contributed by atoms with Gasteiger partial charge in [0.1, 0.15) is 0 Å². The second kappa shape index (κ2) is 14.5. The lowest BCUT2D eigenvalue weighted by molar-refractivity contribution is 0.342. The molecule has 0 aliphatic carbocycles. The highest BCUT2D eigenvalue weighted by Crippen LogP contribution is 1.87. The van der Waals surface area contributed by atoms with Gasteiger partial charge in [0.15, 0.2) is 0 Å². The van der Waals surface area contributed by atoms with E-state index in [4.69, 9.17) is 37.0 Å². The molecular formula is CH3O9Si9. The maximum Gasteiger partial charge on any atom is 0.412 e. The lowest BCUT2D eigenvalue weighted by Crippen LogP contribution is -2.28. The van der Waals surface area contributed by atoms with E-state index >= 15 is 0 Å². The predicted molar refractivity (Wildman–Crippen MR) is 67.4 cm³/mol. The number of hydrogen-bond donors (Lipinski definition) is 0. The van der Waals surface area contributed by atoms with Gasteiger partial charge in [0.2, 0.25) is 0 Å². The molecule has 0 spiro atoms. The monoisotopic (exact) mass is 411 g/mol. The Morgan fingerprint density at radius 2 is 0.737 bits per heavy atom. The summed E-state index contributed by atoms with van der Waals surface area (Å²) >= 11 is 0. The van der Waals surface area contributed by atoms with Crippen LogP contribution < -0.4 is 0 Å². The Labute approximate surface area is 133 Å². The molecule has 0 aromatic carbocycles. The molecule has 1 heterocycles. The van der Waals surface area contributed by atoms with Crippen LogP contribution in [0.2, 0.25) is 6.55 Å². The Morgan fingerprint density at radius 3 is 1.05 bits per heavy atom. The van der Waals surface area contributed by atoms with Crippen molar-refractivity contribution >= 4 is 89.3 Å². The maximum absolute atomic E-state index is 5.31. The summed E-state index contributed by atoms with van der Waals surface area (Å²) in [7, 11) is -2.42. The molecule has 0 unspecified atom stereocenters. The lowest BCUT2D eigenvalue weighted by Gasteiger charge is -2.09. The third-order valence-corrected chi connectivity index (χ3v) is 8.59. The summed E-state index contributed by atoms with van der Waals surface area (Å²) in [4.78, 5) is 0. The fraction of sp³-hybridized carbons (Fsp3) is 1.00. The third-order valence-electron chi connectivity index (χ3n) is 0.954. The second-order valence-electron chi connectivity index (χ2n) is 2.08. The topological polar surface area (TPSA) is 83.1 Å². The van der Waals surface area contributed by atoms with Crippen LogP contribution in [-0.2, 0) is 37.0 Å². The van der Waals surface area contributed by atoms with Gasteiger partial charge in [0, 0.05) is 0 Å². The molecular weight excluding hydrogens is 409 g/mol. The summed E-state index contributed by atoms with van der Waals surface area (Å²) in [5, 5.41) is 0. The lowest BCUT2D eigenvalue weighted by atomic mass is 11.9. The first kappa shape index (κ1) is 18.6. The molecule has 17 radical (unpaired) electrons. The van der Waals surface area contributed by atoms with Crippen LogP contribution in [-0.4, -0.2) is 89.3 Å². The SMILES string of the molecule is C[Si]1O[Si]O[Si]O[Si]O[Si]O[Si]O[Si]O[Si]O[Si]O1. The van der Waals surface area contributed by atoms with Gasteiger partial charge in [-0.3, -0.25) is 0 Å². The van der Waals surface area contributed by atoms with E-state index in [1.54, 1.807) is 0 Å². The predicted octanol–water partition coefficient (Wildman–Crippen LogP) is -3.46. The van der Waals surface area contributed by atoms with Crippen molar-refractivity contribution in [2.45, 2.75) is 6.55 Å². The van der Waals surface area contributed by atoms with Gasteiger partial charge in [0.05, 0.1) is 0 Å². The first-order chi connectivity index (χ1) is 9.39. The smallest absolute Gasteiger partial charge is 0.412 e. The van der Waals surface area contributed by atoms with E-state index in [1.807, 2.05) is 6.55 Å². The van der Waals surface area contributed by atoms with Gasteiger partial charge in [-0.05, 0) is 6.55 Å². The van der Waals surface area contributed by atoms with Crippen molar-refractivity contribution in [1.82, 2.24) is 0 Å². The molecule has 0 aromatic heterocycles. The first-order valence-electron chi connectivity index (χ1n) is 4.17. The molecule has 19 heavy (non-hydrogen) atoms. The fourth-order valence-electron chi connectivity index (χ4n) is 0.424. The van der Waals surface area contributed by atoms with Crippen LogP contribution in [0.5, 0.6) is 0 Å². The highest BCUT2D eigenvalue weighted by Gasteiger charge is 2.12. The molecule has 0 bridgehead atoms. The Balaban J connectivity index is 2.08. The van der Waals surface area contributed by atoms with Gasteiger partial charge < -0.3 is 37.0 Å².